The maximum atomic E-state index is 5.35. The number of hydrogen-bond acceptors (Lipinski definition) is 2. The average Bonchev–Trinajstić information content (AvgIpc) is 2.36. The highest BCUT2D eigenvalue weighted by Gasteiger charge is 2.43. The Kier molecular flexibility index (Phi) is 4.28. The van der Waals surface area contributed by atoms with Crippen molar-refractivity contribution in [2.24, 2.45) is 5.92 Å². The van der Waals surface area contributed by atoms with E-state index in [2.05, 4.69) is 37.4 Å². The van der Waals surface area contributed by atoms with E-state index in [0.29, 0.717) is 5.41 Å². The molecule has 0 unspecified atom stereocenters. The Labute approximate surface area is 111 Å². The summed E-state index contributed by atoms with van der Waals surface area (Å²) in [6.07, 6.45) is 3.78. The fourth-order valence-electron chi connectivity index (χ4n) is 3.21. The van der Waals surface area contributed by atoms with Gasteiger partial charge < -0.3 is 10.1 Å². The summed E-state index contributed by atoms with van der Waals surface area (Å²) in [6.45, 7) is 6.77. The molecule has 2 heteroatoms. The zero-order valence-corrected chi connectivity index (χ0v) is 11.8. The molecule has 0 aromatic heterocycles. The second-order valence-electron chi connectivity index (χ2n) is 5.70. The molecule has 1 fully saturated rings. The van der Waals surface area contributed by atoms with Crippen molar-refractivity contribution < 1.29 is 4.74 Å². The second kappa shape index (κ2) is 5.75. The van der Waals surface area contributed by atoms with Gasteiger partial charge in [0, 0.05) is 12.0 Å². The lowest BCUT2D eigenvalue weighted by Crippen LogP contribution is -2.48. The van der Waals surface area contributed by atoms with Gasteiger partial charge in [-0.05, 0) is 49.4 Å². The van der Waals surface area contributed by atoms with Crippen molar-refractivity contribution in [3.8, 4) is 5.75 Å². The van der Waals surface area contributed by atoms with Gasteiger partial charge in [-0.15, -0.1) is 0 Å². The van der Waals surface area contributed by atoms with Gasteiger partial charge in [-0.3, -0.25) is 0 Å². The van der Waals surface area contributed by atoms with Crippen molar-refractivity contribution >= 4 is 0 Å². The molecular weight excluding hydrogens is 222 g/mol. The van der Waals surface area contributed by atoms with Crippen LogP contribution in [0, 0.1) is 5.92 Å². The van der Waals surface area contributed by atoms with Gasteiger partial charge in [0.15, 0.2) is 0 Å². The van der Waals surface area contributed by atoms with Crippen LogP contribution in [0.5, 0.6) is 5.75 Å². The van der Waals surface area contributed by atoms with Crippen molar-refractivity contribution in [1.82, 2.24) is 5.32 Å². The van der Waals surface area contributed by atoms with Crippen LogP contribution >= 0.6 is 0 Å². The third-order valence-electron chi connectivity index (χ3n) is 4.05. The summed E-state index contributed by atoms with van der Waals surface area (Å²) in [6, 6.07) is 8.60. The summed E-state index contributed by atoms with van der Waals surface area (Å²) in [5, 5.41) is 3.59. The monoisotopic (exact) mass is 247 g/mol. The first-order valence-electron chi connectivity index (χ1n) is 7.05. The number of methoxy groups -OCH3 is 1. The van der Waals surface area contributed by atoms with Crippen LogP contribution in [0.1, 0.15) is 38.7 Å². The van der Waals surface area contributed by atoms with Crippen LogP contribution in [0.15, 0.2) is 24.3 Å². The van der Waals surface area contributed by atoms with Crippen LogP contribution in [0.25, 0.3) is 0 Å². The SMILES string of the molecule is CCCNCC1(c2cccc(OC)c2)CC(C)C1. The molecule has 1 N–H and O–H groups in total. The molecule has 2 rings (SSSR count). The molecule has 18 heavy (non-hydrogen) atoms. The van der Waals surface area contributed by atoms with Crippen LogP contribution in [0.3, 0.4) is 0 Å². The molecule has 0 spiro atoms. The van der Waals surface area contributed by atoms with E-state index in [1.54, 1.807) is 7.11 Å². The van der Waals surface area contributed by atoms with Crippen LogP contribution < -0.4 is 10.1 Å². The zero-order valence-electron chi connectivity index (χ0n) is 11.8. The molecule has 0 radical (unpaired) electrons. The van der Waals surface area contributed by atoms with E-state index in [1.165, 1.54) is 24.8 Å². The number of hydrogen-bond donors (Lipinski definition) is 1. The number of benzene rings is 1. The molecule has 1 aliphatic carbocycles. The smallest absolute Gasteiger partial charge is 0.119 e. The Morgan fingerprint density at radius 2 is 2.17 bits per heavy atom. The summed E-state index contributed by atoms with van der Waals surface area (Å²) in [7, 11) is 1.74. The van der Waals surface area contributed by atoms with Crippen LogP contribution in [0.4, 0.5) is 0 Å². The molecule has 0 heterocycles. The Bertz CT molecular complexity index is 382. The third kappa shape index (κ3) is 2.69. The number of rotatable bonds is 6. The Morgan fingerprint density at radius 1 is 1.39 bits per heavy atom. The highest BCUT2D eigenvalue weighted by molar-refractivity contribution is 5.36. The van der Waals surface area contributed by atoms with Crippen LogP contribution in [-0.4, -0.2) is 20.2 Å². The number of nitrogens with one attached hydrogen (secondary N) is 1. The summed E-state index contributed by atoms with van der Waals surface area (Å²) in [5.41, 5.74) is 1.77. The van der Waals surface area contributed by atoms with E-state index >= 15 is 0 Å². The largest absolute Gasteiger partial charge is 0.497 e. The van der Waals surface area contributed by atoms with Gasteiger partial charge in [-0.1, -0.05) is 26.0 Å². The zero-order chi connectivity index (χ0) is 13.0. The molecule has 2 nitrogen and oxygen atoms in total. The Morgan fingerprint density at radius 3 is 2.78 bits per heavy atom. The first-order chi connectivity index (χ1) is 8.70. The molecule has 1 saturated carbocycles. The van der Waals surface area contributed by atoms with Gasteiger partial charge in [0.05, 0.1) is 7.11 Å². The molecule has 0 amide bonds. The lowest BCUT2D eigenvalue weighted by molar-refractivity contribution is 0.152. The fraction of sp³-hybridized carbons (Fsp3) is 0.625. The summed E-state index contributed by atoms with van der Waals surface area (Å²) in [4.78, 5) is 0. The van der Waals surface area contributed by atoms with Gasteiger partial charge in [0.25, 0.3) is 0 Å². The van der Waals surface area contributed by atoms with Crippen LogP contribution in [0.2, 0.25) is 0 Å². The van der Waals surface area contributed by atoms with Gasteiger partial charge in [-0.2, -0.15) is 0 Å². The van der Waals surface area contributed by atoms with E-state index in [-0.39, 0.29) is 0 Å². The number of ether oxygens (including phenoxy) is 1. The van der Waals surface area contributed by atoms with Crippen molar-refractivity contribution in [1.29, 1.82) is 0 Å². The van der Waals surface area contributed by atoms with Crippen molar-refractivity contribution in [3.63, 3.8) is 0 Å². The van der Waals surface area contributed by atoms with Crippen LogP contribution in [-0.2, 0) is 5.41 Å². The first-order valence-corrected chi connectivity index (χ1v) is 7.05. The molecular formula is C16H25NO. The van der Waals surface area contributed by atoms with Crippen molar-refractivity contribution in [2.75, 3.05) is 20.2 Å². The Balaban J connectivity index is 2.13. The predicted molar refractivity (Wildman–Crippen MR) is 76.2 cm³/mol. The maximum absolute atomic E-state index is 5.35. The highest BCUT2D eigenvalue weighted by Crippen LogP contribution is 2.47. The second-order valence-corrected chi connectivity index (χ2v) is 5.70. The minimum absolute atomic E-state index is 0.336. The molecule has 0 saturated heterocycles. The standard InChI is InChI=1S/C16H25NO/c1-4-8-17-12-16(10-13(2)11-16)14-6-5-7-15(9-14)18-3/h5-7,9,13,17H,4,8,10-12H2,1-3H3. The van der Waals surface area contributed by atoms with Gasteiger partial charge >= 0.3 is 0 Å². The molecule has 1 aromatic carbocycles. The quantitative estimate of drug-likeness (QED) is 0.778. The van der Waals surface area contributed by atoms with Gasteiger partial charge in [0.1, 0.15) is 5.75 Å². The molecule has 1 aromatic rings. The third-order valence-corrected chi connectivity index (χ3v) is 4.05. The van der Waals surface area contributed by atoms with Gasteiger partial charge in [-0.25, -0.2) is 0 Å². The summed E-state index contributed by atoms with van der Waals surface area (Å²) >= 11 is 0. The Hall–Kier alpha value is -1.02. The summed E-state index contributed by atoms with van der Waals surface area (Å²) < 4.78 is 5.35. The molecule has 100 valence electrons. The van der Waals surface area contributed by atoms with E-state index in [0.717, 1.165) is 24.8 Å². The molecule has 0 aliphatic heterocycles. The average molecular weight is 247 g/mol. The first kappa shape index (κ1) is 13.4. The van der Waals surface area contributed by atoms with Crippen molar-refractivity contribution in [3.05, 3.63) is 29.8 Å². The van der Waals surface area contributed by atoms with E-state index < -0.39 is 0 Å². The van der Waals surface area contributed by atoms with Gasteiger partial charge in [0.2, 0.25) is 0 Å². The van der Waals surface area contributed by atoms with E-state index in [1.807, 2.05) is 6.07 Å². The predicted octanol–water partition coefficient (Wildman–Crippen LogP) is 3.36. The van der Waals surface area contributed by atoms with Crippen molar-refractivity contribution in [2.45, 2.75) is 38.5 Å². The maximum Gasteiger partial charge on any atom is 0.119 e. The lowest BCUT2D eigenvalue weighted by atomic mass is 9.59. The molecule has 1 aliphatic rings. The molecule has 0 bridgehead atoms. The summed E-state index contributed by atoms with van der Waals surface area (Å²) in [5.74, 6) is 1.82. The minimum Gasteiger partial charge on any atom is -0.497 e. The topological polar surface area (TPSA) is 21.3 Å². The van der Waals surface area contributed by atoms with E-state index in [9.17, 15) is 0 Å². The minimum atomic E-state index is 0.336. The lowest BCUT2D eigenvalue weighted by Gasteiger charge is -2.47. The highest BCUT2D eigenvalue weighted by atomic mass is 16.5. The normalized spacial score (nSPS) is 26.7. The fourth-order valence-corrected chi connectivity index (χ4v) is 3.21. The molecule has 0 atom stereocenters. The van der Waals surface area contributed by atoms with E-state index in [4.69, 9.17) is 4.74 Å².